The summed E-state index contributed by atoms with van der Waals surface area (Å²) in [7, 11) is -2.26. The normalized spacial score (nSPS) is 15.0. The monoisotopic (exact) mass is 176 g/mol. The predicted octanol–water partition coefficient (Wildman–Crippen LogP) is 1.66. The van der Waals surface area contributed by atoms with E-state index in [2.05, 4.69) is 6.92 Å². The highest BCUT2D eigenvalue weighted by Crippen LogP contribution is 2.11. The molecule has 11 heavy (non-hydrogen) atoms. The van der Waals surface area contributed by atoms with E-state index in [9.17, 15) is 9.90 Å². The molecule has 0 aliphatic heterocycles. The Morgan fingerprint density at radius 1 is 1.27 bits per heavy atom. The van der Waals surface area contributed by atoms with E-state index in [1.165, 1.54) is 6.42 Å². The van der Waals surface area contributed by atoms with Crippen molar-refractivity contribution in [2.24, 2.45) is 0 Å². The van der Waals surface area contributed by atoms with Gasteiger partial charge in [-0.2, -0.15) is 0 Å². The standard InChI is InChI=1S/C8H20O2Si/c1-4-5-6-7-8(9)11(2,3)10/h8-10H,4-7H2,1-3H3. The highest BCUT2D eigenvalue weighted by molar-refractivity contribution is 6.71. The SMILES string of the molecule is CCCCCC(O)[Si](C)(C)O. The zero-order valence-electron chi connectivity index (χ0n) is 7.80. The Labute approximate surface area is 70.4 Å². The maximum absolute atomic E-state index is 9.47. The zero-order chi connectivity index (χ0) is 8.91. The van der Waals surface area contributed by atoms with Crippen molar-refractivity contribution >= 4 is 8.32 Å². The molecule has 0 aromatic rings. The molecule has 0 radical (unpaired) electrons. The summed E-state index contributed by atoms with van der Waals surface area (Å²) < 4.78 is 0. The summed E-state index contributed by atoms with van der Waals surface area (Å²) in [4.78, 5) is 9.47. The highest BCUT2D eigenvalue weighted by atomic mass is 28.4. The molecular formula is C8H20O2Si. The third kappa shape index (κ3) is 5.41. The predicted molar refractivity (Wildman–Crippen MR) is 49.8 cm³/mol. The molecule has 0 fully saturated rings. The first-order valence-electron chi connectivity index (χ1n) is 4.39. The summed E-state index contributed by atoms with van der Waals surface area (Å²) in [5.74, 6) is 0. The van der Waals surface area contributed by atoms with Crippen molar-refractivity contribution in [1.29, 1.82) is 0 Å². The van der Waals surface area contributed by atoms with Gasteiger partial charge in [-0.1, -0.05) is 26.2 Å². The van der Waals surface area contributed by atoms with Crippen molar-refractivity contribution < 1.29 is 9.90 Å². The summed E-state index contributed by atoms with van der Waals surface area (Å²) in [6.07, 6.45) is 4.12. The Morgan fingerprint density at radius 2 is 1.82 bits per heavy atom. The molecule has 3 heteroatoms. The fraction of sp³-hybridized carbons (Fsp3) is 1.00. The molecule has 2 nitrogen and oxygen atoms in total. The molecule has 0 heterocycles. The Morgan fingerprint density at radius 3 is 2.18 bits per heavy atom. The number of hydrogen-bond donors (Lipinski definition) is 2. The Hall–Kier alpha value is 0.137. The van der Waals surface area contributed by atoms with Crippen LogP contribution in [0.3, 0.4) is 0 Å². The molecular weight excluding hydrogens is 156 g/mol. The van der Waals surface area contributed by atoms with Crippen molar-refractivity contribution in [3.63, 3.8) is 0 Å². The molecule has 0 bridgehead atoms. The molecule has 0 rings (SSSR count). The van der Waals surface area contributed by atoms with Crippen molar-refractivity contribution in [3.05, 3.63) is 0 Å². The number of aliphatic hydroxyl groups is 1. The zero-order valence-corrected chi connectivity index (χ0v) is 8.80. The topological polar surface area (TPSA) is 40.5 Å². The summed E-state index contributed by atoms with van der Waals surface area (Å²) >= 11 is 0. The van der Waals surface area contributed by atoms with E-state index < -0.39 is 14.0 Å². The van der Waals surface area contributed by atoms with Gasteiger partial charge in [0.2, 0.25) is 8.32 Å². The lowest BCUT2D eigenvalue weighted by Gasteiger charge is -2.21. The molecule has 68 valence electrons. The van der Waals surface area contributed by atoms with Crippen molar-refractivity contribution in [1.82, 2.24) is 0 Å². The van der Waals surface area contributed by atoms with E-state index in [0.717, 1.165) is 19.3 Å². The first-order valence-corrected chi connectivity index (χ1v) is 7.41. The first kappa shape index (κ1) is 11.1. The largest absolute Gasteiger partial charge is 0.430 e. The lowest BCUT2D eigenvalue weighted by molar-refractivity contribution is 0.207. The average Bonchev–Trinajstić information content (AvgIpc) is 1.86. The third-order valence-electron chi connectivity index (χ3n) is 1.90. The van der Waals surface area contributed by atoms with Gasteiger partial charge in [0.1, 0.15) is 0 Å². The molecule has 1 atom stereocenters. The van der Waals surface area contributed by atoms with Crippen LogP contribution in [0.15, 0.2) is 0 Å². The van der Waals surface area contributed by atoms with Gasteiger partial charge in [0.05, 0.1) is 5.73 Å². The lowest BCUT2D eigenvalue weighted by Crippen LogP contribution is -2.41. The molecule has 0 aromatic heterocycles. The minimum Gasteiger partial charge on any atom is -0.430 e. The maximum atomic E-state index is 9.47. The van der Waals surface area contributed by atoms with Gasteiger partial charge in [-0.15, -0.1) is 0 Å². The molecule has 0 aliphatic carbocycles. The van der Waals surface area contributed by atoms with Crippen LogP contribution in [0.25, 0.3) is 0 Å². The van der Waals surface area contributed by atoms with Crippen LogP contribution < -0.4 is 0 Å². The smallest absolute Gasteiger partial charge is 0.210 e. The fourth-order valence-electron chi connectivity index (χ4n) is 0.941. The van der Waals surface area contributed by atoms with Gasteiger partial charge in [-0.25, -0.2) is 0 Å². The molecule has 0 saturated heterocycles. The minimum atomic E-state index is -2.26. The molecule has 0 saturated carbocycles. The van der Waals surface area contributed by atoms with E-state index in [-0.39, 0.29) is 0 Å². The van der Waals surface area contributed by atoms with Crippen LogP contribution in [0.2, 0.25) is 13.1 Å². The highest BCUT2D eigenvalue weighted by Gasteiger charge is 2.27. The van der Waals surface area contributed by atoms with E-state index in [1.54, 1.807) is 13.1 Å². The Balaban J connectivity index is 3.44. The molecule has 0 amide bonds. The summed E-state index contributed by atoms with van der Waals surface area (Å²) in [6.45, 7) is 5.70. The second-order valence-electron chi connectivity index (χ2n) is 3.67. The van der Waals surface area contributed by atoms with Crippen LogP contribution >= 0.6 is 0 Å². The molecule has 0 spiro atoms. The maximum Gasteiger partial charge on any atom is 0.210 e. The summed E-state index contributed by atoms with van der Waals surface area (Å²) in [6, 6.07) is 0. The Kier molecular flexibility index (Phi) is 4.96. The average molecular weight is 176 g/mol. The van der Waals surface area contributed by atoms with E-state index in [4.69, 9.17) is 0 Å². The quantitative estimate of drug-likeness (QED) is 0.494. The van der Waals surface area contributed by atoms with E-state index in [1.807, 2.05) is 0 Å². The van der Waals surface area contributed by atoms with Crippen LogP contribution in [0.5, 0.6) is 0 Å². The molecule has 2 N–H and O–H groups in total. The summed E-state index contributed by atoms with van der Waals surface area (Å²) in [5, 5.41) is 9.42. The van der Waals surface area contributed by atoms with Crippen LogP contribution in [0.4, 0.5) is 0 Å². The van der Waals surface area contributed by atoms with Crippen molar-refractivity contribution in [2.45, 2.75) is 51.4 Å². The van der Waals surface area contributed by atoms with Gasteiger partial charge >= 0.3 is 0 Å². The first-order chi connectivity index (χ1) is 4.98. The van der Waals surface area contributed by atoms with Gasteiger partial charge in [-0.3, -0.25) is 0 Å². The second-order valence-corrected chi connectivity index (χ2v) is 7.64. The minimum absolute atomic E-state index is 0.436. The van der Waals surface area contributed by atoms with Crippen LogP contribution in [-0.2, 0) is 0 Å². The van der Waals surface area contributed by atoms with E-state index >= 15 is 0 Å². The van der Waals surface area contributed by atoms with Gasteiger partial charge < -0.3 is 9.90 Å². The molecule has 0 aliphatic rings. The Bertz CT molecular complexity index is 98.8. The van der Waals surface area contributed by atoms with Gasteiger partial charge in [0.15, 0.2) is 0 Å². The molecule has 1 unspecified atom stereocenters. The second kappa shape index (κ2) is 4.90. The van der Waals surface area contributed by atoms with E-state index in [0.29, 0.717) is 0 Å². The third-order valence-corrected chi connectivity index (χ3v) is 3.82. The summed E-state index contributed by atoms with van der Waals surface area (Å²) in [5.41, 5.74) is -0.436. The molecule has 0 aromatic carbocycles. The lowest BCUT2D eigenvalue weighted by atomic mass is 10.2. The van der Waals surface area contributed by atoms with Crippen molar-refractivity contribution in [3.8, 4) is 0 Å². The number of aliphatic hydroxyl groups excluding tert-OH is 1. The van der Waals surface area contributed by atoms with Crippen molar-refractivity contribution in [2.75, 3.05) is 0 Å². The number of hydrogen-bond acceptors (Lipinski definition) is 2. The number of rotatable bonds is 5. The van der Waals surface area contributed by atoms with Gasteiger partial charge in [0, 0.05) is 0 Å². The van der Waals surface area contributed by atoms with Crippen LogP contribution in [0, 0.1) is 0 Å². The van der Waals surface area contributed by atoms with Crippen LogP contribution in [-0.4, -0.2) is 23.9 Å². The van der Waals surface area contributed by atoms with Gasteiger partial charge in [0.25, 0.3) is 0 Å². The fourth-order valence-corrected chi connectivity index (χ4v) is 1.85. The van der Waals surface area contributed by atoms with Gasteiger partial charge in [-0.05, 0) is 19.5 Å². The number of unbranched alkanes of at least 4 members (excludes halogenated alkanes) is 2. The van der Waals surface area contributed by atoms with Crippen LogP contribution in [0.1, 0.15) is 32.6 Å².